The lowest BCUT2D eigenvalue weighted by Gasteiger charge is -2.15. The van der Waals surface area contributed by atoms with Gasteiger partial charge in [-0.05, 0) is 12.1 Å². The molecule has 2 aromatic carbocycles. The molecular weight excluding hydrogens is 412 g/mol. The van der Waals surface area contributed by atoms with Gasteiger partial charge in [-0.2, -0.15) is 0 Å². The summed E-state index contributed by atoms with van der Waals surface area (Å²) in [5.74, 6) is 0.768. The smallest absolute Gasteiger partial charge is 0.340 e. The molecule has 2 rings (SSSR count). The number of methoxy groups -OCH3 is 2. The highest BCUT2D eigenvalue weighted by Gasteiger charge is 2.21. The van der Waals surface area contributed by atoms with E-state index in [2.05, 4.69) is 16.6 Å². The molecule has 0 bridgehead atoms. The first-order valence-corrected chi connectivity index (χ1v) is 8.98. The van der Waals surface area contributed by atoms with E-state index < -0.39 is 24.4 Å². The highest BCUT2D eigenvalue weighted by molar-refractivity contribution is 6.34. The highest BCUT2D eigenvalue weighted by Crippen LogP contribution is 2.34. The Labute approximate surface area is 178 Å². The summed E-state index contributed by atoms with van der Waals surface area (Å²) < 4.78 is 15.4. The molecule has 0 radical (unpaired) electrons. The standard InChI is InChI=1S/C21H19ClN2O6/c1-4-9-23-19(25)12-30-21(27)14-10-17(28-2)18(29-3)11-16(14)24-20(26)13-7-5-6-8-15(13)22/h1,5-8,10-11H,9,12H2,2-3H3,(H,23,25)(H,24,26). The van der Waals surface area contributed by atoms with Crippen molar-refractivity contribution in [3.63, 3.8) is 0 Å². The van der Waals surface area contributed by atoms with Crippen molar-refractivity contribution >= 4 is 35.1 Å². The second-order valence-corrected chi connectivity index (χ2v) is 6.15. The van der Waals surface area contributed by atoms with Crippen molar-refractivity contribution in [2.24, 2.45) is 0 Å². The number of carbonyl (C=O) groups excluding carboxylic acids is 3. The van der Waals surface area contributed by atoms with Crippen molar-refractivity contribution in [3.8, 4) is 23.8 Å². The van der Waals surface area contributed by atoms with Gasteiger partial charge in [0.1, 0.15) is 0 Å². The first-order valence-electron chi connectivity index (χ1n) is 8.60. The van der Waals surface area contributed by atoms with Crippen LogP contribution in [0.3, 0.4) is 0 Å². The molecule has 0 saturated carbocycles. The van der Waals surface area contributed by atoms with E-state index in [0.717, 1.165) is 0 Å². The van der Waals surface area contributed by atoms with Crippen LogP contribution in [0.4, 0.5) is 5.69 Å². The Bertz CT molecular complexity index is 999. The first-order chi connectivity index (χ1) is 14.4. The van der Waals surface area contributed by atoms with Crippen LogP contribution in [0.1, 0.15) is 20.7 Å². The number of ether oxygens (including phenoxy) is 3. The van der Waals surface area contributed by atoms with Crippen LogP contribution in [0.15, 0.2) is 36.4 Å². The van der Waals surface area contributed by atoms with Gasteiger partial charge in [0.25, 0.3) is 11.8 Å². The van der Waals surface area contributed by atoms with E-state index in [1.54, 1.807) is 18.2 Å². The van der Waals surface area contributed by atoms with Crippen molar-refractivity contribution in [2.75, 3.05) is 32.7 Å². The summed E-state index contributed by atoms with van der Waals surface area (Å²) in [4.78, 5) is 36.9. The molecule has 0 fully saturated rings. The van der Waals surface area contributed by atoms with Crippen molar-refractivity contribution in [2.45, 2.75) is 0 Å². The van der Waals surface area contributed by atoms with Gasteiger partial charge in [0.15, 0.2) is 18.1 Å². The maximum atomic E-state index is 12.6. The third kappa shape index (κ3) is 5.65. The summed E-state index contributed by atoms with van der Waals surface area (Å²) in [6.07, 6.45) is 5.06. The molecule has 0 atom stereocenters. The topological polar surface area (TPSA) is 103 Å². The summed E-state index contributed by atoms with van der Waals surface area (Å²) >= 11 is 6.06. The number of rotatable bonds is 8. The van der Waals surface area contributed by atoms with Crippen molar-refractivity contribution in [1.29, 1.82) is 0 Å². The number of hydrogen-bond acceptors (Lipinski definition) is 6. The molecule has 2 amide bonds. The van der Waals surface area contributed by atoms with E-state index in [9.17, 15) is 14.4 Å². The van der Waals surface area contributed by atoms with Crippen molar-refractivity contribution in [1.82, 2.24) is 5.32 Å². The fourth-order valence-corrected chi connectivity index (χ4v) is 2.62. The highest BCUT2D eigenvalue weighted by atomic mass is 35.5. The van der Waals surface area contributed by atoms with Crippen molar-refractivity contribution < 1.29 is 28.6 Å². The molecule has 30 heavy (non-hydrogen) atoms. The van der Waals surface area contributed by atoms with Crippen LogP contribution in [-0.2, 0) is 9.53 Å². The van der Waals surface area contributed by atoms with Gasteiger partial charge in [0.05, 0.1) is 42.6 Å². The molecular formula is C21H19ClN2O6. The SMILES string of the molecule is C#CCNC(=O)COC(=O)c1cc(OC)c(OC)cc1NC(=O)c1ccccc1Cl. The quantitative estimate of drug-likeness (QED) is 0.492. The van der Waals surface area contributed by atoms with E-state index in [0.29, 0.717) is 0 Å². The summed E-state index contributed by atoms with van der Waals surface area (Å²) in [6.45, 7) is -0.543. The zero-order valence-electron chi connectivity index (χ0n) is 16.3. The molecule has 156 valence electrons. The third-order valence-corrected chi connectivity index (χ3v) is 4.16. The van der Waals surface area contributed by atoms with Crippen LogP contribution < -0.4 is 20.1 Å². The fraction of sp³-hybridized carbons (Fsp3) is 0.190. The summed E-state index contributed by atoms with van der Waals surface area (Å²) in [5, 5.41) is 5.22. The van der Waals surface area contributed by atoms with Gasteiger partial charge in [-0.1, -0.05) is 29.7 Å². The maximum Gasteiger partial charge on any atom is 0.340 e. The minimum Gasteiger partial charge on any atom is -0.493 e. The fourth-order valence-electron chi connectivity index (χ4n) is 2.40. The Hall–Kier alpha value is -3.70. The van der Waals surface area contributed by atoms with E-state index in [1.165, 1.54) is 32.4 Å². The number of terminal acetylenes is 1. The number of esters is 1. The molecule has 0 aromatic heterocycles. The van der Waals surface area contributed by atoms with Crippen LogP contribution in [0.25, 0.3) is 0 Å². The molecule has 0 aliphatic carbocycles. The lowest BCUT2D eigenvalue weighted by Crippen LogP contribution is -2.29. The van der Waals surface area contributed by atoms with Crippen LogP contribution in [0.5, 0.6) is 11.5 Å². The van der Waals surface area contributed by atoms with Crippen LogP contribution in [0, 0.1) is 12.3 Å². The molecule has 0 saturated heterocycles. The Morgan fingerprint density at radius 2 is 1.73 bits per heavy atom. The Balaban J connectivity index is 2.32. The second kappa shape index (κ2) is 10.7. The van der Waals surface area contributed by atoms with Gasteiger partial charge in [0, 0.05) is 12.1 Å². The Kier molecular flexibility index (Phi) is 8.08. The lowest BCUT2D eigenvalue weighted by atomic mass is 10.1. The summed E-state index contributed by atoms with van der Waals surface area (Å²) in [7, 11) is 2.80. The number of amides is 2. The molecule has 0 spiro atoms. The molecule has 2 N–H and O–H groups in total. The molecule has 9 heteroatoms. The predicted molar refractivity (Wildman–Crippen MR) is 111 cm³/mol. The van der Waals surface area contributed by atoms with E-state index in [1.807, 2.05) is 0 Å². The molecule has 0 aliphatic heterocycles. The number of carbonyl (C=O) groups is 3. The minimum absolute atomic E-state index is 0.00584. The zero-order valence-corrected chi connectivity index (χ0v) is 17.0. The van der Waals surface area contributed by atoms with Gasteiger partial charge < -0.3 is 24.8 Å². The molecule has 8 nitrogen and oxygen atoms in total. The summed E-state index contributed by atoms with van der Waals surface area (Å²) in [5.41, 5.74) is 0.256. The van der Waals surface area contributed by atoms with E-state index >= 15 is 0 Å². The monoisotopic (exact) mass is 430 g/mol. The number of anilines is 1. The lowest BCUT2D eigenvalue weighted by molar-refractivity contribution is -0.123. The third-order valence-electron chi connectivity index (χ3n) is 3.83. The van der Waals surface area contributed by atoms with E-state index in [-0.39, 0.29) is 39.9 Å². The van der Waals surface area contributed by atoms with Gasteiger partial charge in [-0.25, -0.2) is 4.79 Å². The normalized spacial score (nSPS) is 9.80. The van der Waals surface area contributed by atoms with Gasteiger partial charge in [-0.15, -0.1) is 6.42 Å². The number of hydrogen-bond donors (Lipinski definition) is 2. The van der Waals surface area contributed by atoms with E-state index in [4.69, 9.17) is 32.2 Å². The average Bonchev–Trinajstić information content (AvgIpc) is 2.75. The van der Waals surface area contributed by atoms with Gasteiger partial charge in [0.2, 0.25) is 0 Å². The molecule has 0 heterocycles. The van der Waals surface area contributed by atoms with Crippen LogP contribution >= 0.6 is 11.6 Å². The number of halogens is 1. The first kappa shape index (κ1) is 22.6. The van der Waals surface area contributed by atoms with Crippen LogP contribution in [-0.4, -0.2) is 45.2 Å². The minimum atomic E-state index is -0.860. The summed E-state index contributed by atoms with van der Waals surface area (Å²) in [6, 6.07) is 9.18. The largest absolute Gasteiger partial charge is 0.493 e. The molecule has 2 aromatic rings. The van der Waals surface area contributed by atoms with Gasteiger partial charge >= 0.3 is 5.97 Å². The Morgan fingerprint density at radius 1 is 1.07 bits per heavy atom. The Morgan fingerprint density at radius 3 is 2.37 bits per heavy atom. The maximum absolute atomic E-state index is 12.6. The predicted octanol–water partition coefficient (Wildman–Crippen LogP) is 2.52. The second-order valence-electron chi connectivity index (χ2n) is 5.74. The molecule has 0 unspecified atom stereocenters. The van der Waals surface area contributed by atoms with Crippen LogP contribution in [0.2, 0.25) is 5.02 Å². The number of nitrogens with one attached hydrogen (secondary N) is 2. The average molecular weight is 431 g/mol. The number of benzene rings is 2. The molecule has 0 aliphatic rings. The zero-order chi connectivity index (χ0) is 22.1. The van der Waals surface area contributed by atoms with Gasteiger partial charge in [-0.3, -0.25) is 9.59 Å². The van der Waals surface area contributed by atoms with Crippen molar-refractivity contribution in [3.05, 3.63) is 52.5 Å².